The average molecular weight is 267 g/mol. The number of ether oxygens (including phenoxy) is 1. The van der Waals surface area contributed by atoms with Crippen LogP contribution in [0.2, 0.25) is 0 Å². The summed E-state index contributed by atoms with van der Waals surface area (Å²) < 4.78 is 10.8. The number of nitrogens with one attached hydrogen (secondary N) is 2. The molecule has 19 heavy (non-hydrogen) atoms. The Morgan fingerprint density at radius 1 is 1.58 bits per heavy atom. The van der Waals surface area contributed by atoms with E-state index in [2.05, 4.69) is 15.6 Å². The number of nitrogens with zero attached hydrogens (tertiary/aromatic N) is 1. The quantitative estimate of drug-likeness (QED) is 0.748. The minimum absolute atomic E-state index is 0.211. The second kappa shape index (κ2) is 7.25. The summed E-state index contributed by atoms with van der Waals surface area (Å²) in [6, 6.07) is 0. The van der Waals surface area contributed by atoms with Crippen LogP contribution in [0.5, 0.6) is 0 Å². The molecule has 6 nitrogen and oxygen atoms in total. The lowest BCUT2D eigenvalue weighted by Gasteiger charge is -2.22. The molecule has 0 atom stereocenters. The number of aromatic nitrogens is 1. The van der Waals surface area contributed by atoms with Crippen LogP contribution in [0.3, 0.4) is 0 Å². The van der Waals surface area contributed by atoms with Gasteiger partial charge in [-0.3, -0.25) is 4.79 Å². The van der Waals surface area contributed by atoms with Crippen molar-refractivity contribution in [2.75, 3.05) is 26.2 Å². The molecule has 2 rings (SSSR count). The van der Waals surface area contributed by atoms with E-state index in [4.69, 9.17) is 9.15 Å². The first-order valence-electron chi connectivity index (χ1n) is 6.78. The van der Waals surface area contributed by atoms with Crippen molar-refractivity contribution in [3.8, 4) is 0 Å². The summed E-state index contributed by atoms with van der Waals surface area (Å²) in [7, 11) is 0. The molecule has 1 aromatic heterocycles. The fraction of sp³-hybridized carbons (Fsp3) is 0.692. The average Bonchev–Trinajstić information content (AvgIpc) is 2.86. The topological polar surface area (TPSA) is 76.4 Å². The smallest absolute Gasteiger partial charge is 0.288 e. The van der Waals surface area contributed by atoms with Gasteiger partial charge in [-0.1, -0.05) is 0 Å². The third-order valence-corrected chi connectivity index (χ3v) is 3.20. The lowest BCUT2D eigenvalue weighted by atomic mass is 10.1. The van der Waals surface area contributed by atoms with Gasteiger partial charge in [0.2, 0.25) is 5.76 Å². The molecule has 106 valence electrons. The molecule has 0 radical (unpaired) electrons. The predicted octanol–water partition coefficient (Wildman–Crippen LogP) is 0.872. The Morgan fingerprint density at radius 2 is 2.37 bits per heavy atom. The lowest BCUT2D eigenvalue weighted by Crippen LogP contribution is -2.33. The molecule has 2 heterocycles. The second-order valence-electron chi connectivity index (χ2n) is 4.70. The number of carbonyl (C=O) groups is 1. The summed E-state index contributed by atoms with van der Waals surface area (Å²) in [5.74, 6) is 0.0798. The Kier molecular flexibility index (Phi) is 5.35. The molecule has 1 amide bonds. The SMILES string of the molecule is Cc1ncoc1C(=O)NCCCOC1CCNCC1. The summed E-state index contributed by atoms with van der Waals surface area (Å²) >= 11 is 0. The van der Waals surface area contributed by atoms with Crippen molar-refractivity contribution in [2.45, 2.75) is 32.3 Å². The number of hydrogen-bond donors (Lipinski definition) is 2. The van der Waals surface area contributed by atoms with E-state index in [1.165, 1.54) is 6.39 Å². The van der Waals surface area contributed by atoms with Gasteiger partial charge in [0.1, 0.15) is 0 Å². The molecular formula is C13H21N3O3. The van der Waals surface area contributed by atoms with E-state index < -0.39 is 0 Å². The Balaban J connectivity index is 1.56. The van der Waals surface area contributed by atoms with Crippen LogP contribution in [0.4, 0.5) is 0 Å². The Bertz CT molecular complexity index is 400. The van der Waals surface area contributed by atoms with Gasteiger partial charge in [0.25, 0.3) is 5.91 Å². The number of hydrogen-bond acceptors (Lipinski definition) is 5. The summed E-state index contributed by atoms with van der Waals surface area (Å²) in [4.78, 5) is 15.6. The minimum Gasteiger partial charge on any atom is -0.438 e. The zero-order valence-corrected chi connectivity index (χ0v) is 11.3. The fourth-order valence-corrected chi connectivity index (χ4v) is 2.09. The zero-order valence-electron chi connectivity index (χ0n) is 11.3. The Morgan fingerprint density at radius 3 is 3.05 bits per heavy atom. The van der Waals surface area contributed by atoms with E-state index in [1.807, 2.05) is 0 Å². The number of carbonyl (C=O) groups excluding carboxylic acids is 1. The van der Waals surface area contributed by atoms with Gasteiger partial charge >= 0.3 is 0 Å². The van der Waals surface area contributed by atoms with Gasteiger partial charge in [0.15, 0.2) is 6.39 Å². The maximum Gasteiger partial charge on any atom is 0.288 e. The number of amides is 1. The normalized spacial score (nSPS) is 16.5. The van der Waals surface area contributed by atoms with E-state index in [9.17, 15) is 4.79 Å². The van der Waals surface area contributed by atoms with Crippen molar-refractivity contribution in [1.82, 2.24) is 15.6 Å². The van der Waals surface area contributed by atoms with Gasteiger partial charge in [0.05, 0.1) is 11.8 Å². The molecule has 1 fully saturated rings. The Hall–Kier alpha value is -1.40. The van der Waals surface area contributed by atoms with Crippen molar-refractivity contribution in [3.63, 3.8) is 0 Å². The molecule has 0 aromatic carbocycles. The zero-order chi connectivity index (χ0) is 13.5. The van der Waals surface area contributed by atoms with Crippen molar-refractivity contribution in [2.24, 2.45) is 0 Å². The molecule has 1 aliphatic rings. The molecular weight excluding hydrogens is 246 g/mol. The van der Waals surface area contributed by atoms with E-state index in [1.54, 1.807) is 6.92 Å². The third kappa shape index (κ3) is 4.33. The van der Waals surface area contributed by atoms with E-state index in [0.717, 1.165) is 32.4 Å². The van der Waals surface area contributed by atoms with Crippen molar-refractivity contribution < 1.29 is 13.9 Å². The van der Waals surface area contributed by atoms with E-state index in [-0.39, 0.29) is 5.91 Å². The third-order valence-electron chi connectivity index (χ3n) is 3.20. The van der Waals surface area contributed by atoms with Crippen LogP contribution in [0, 0.1) is 6.92 Å². The minimum atomic E-state index is -0.211. The molecule has 2 N–H and O–H groups in total. The van der Waals surface area contributed by atoms with Gasteiger partial charge in [-0.25, -0.2) is 4.98 Å². The standard InChI is InChI=1S/C13H21N3O3/c1-10-12(19-9-16-10)13(17)15-5-2-8-18-11-3-6-14-7-4-11/h9,11,14H,2-8H2,1H3,(H,15,17). The first kappa shape index (κ1) is 14.0. The number of piperidine rings is 1. The highest BCUT2D eigenvalue weighted by Gasteiger charge is 2.14. The maximum absolute atomic E-state index is 11.7. The summed E-state index contributed by atoms with van der Waals surface area (Å²) in [6.07, 6.45) is 4.61. The van der Waals surface area contributed by atoms with Gasteiger partial charge < -0.3 is 19.8 Å². The molecule has 1 saturated heterocycles. The molecule has 0 aliphatic carbocycles. The molecule has 0 unspecified atom stereocenters. The van der Waals surface area contributed by atoms with E-state index >= 15 is 0 Å². The molecule has 0 bridgehead atoms. The van der Waals surface area contributed by atoms with Gasteiger partial charge in [-0.2, -0.15) is 0 Å². The van der Waals surface area contributed by atoms with Crippen LogP contribution < -0.4 is 10.6 Å². The summed E-state index contributed by atoms with van der Waals surface area (Å²) in [5.41, 5.74) is 0.614. The van der Waals surface area contributed by atoms with Gasteiger partial charge in [-0.15, -0.1) is 0 Å². The highest BCUT2D eigenvalue weighted by Crippen LogP contribution is 2.07. The molecule has 6 heteroatoms. The van der Waals surface area contributed by atoms with E-state index in [0.29, 0.717) is 30.7 Å². The first-order valence-corrected chi connectivity index (χ1v) is 6.78. The van der Waals surface area contributed by atoms with Gasteiger partial charge in [0, 0.05) is 13.2 Å². The lowest BCUT2D eigenvalue weighted by molar-refractivity contribution is 0.0317. The van der Waals surface area contributed by atoms with Crippen LogP contribution >= 0.6 is 0 Å². The van der Waals surface area contributed by atoms with Gasteiger partial charge in [-0.05, 0) is 39.3 Å². The first-order chi connectivity index (χ1) is 9.27. The van der Waals surface area contributed by atoms with Crippen LogP contribution in [-0.2, 0) is 4.74 Å². The molecule has 1 aliphatic heterocycles. The molecule has 0 saturated carbocycles. The van der Waals surface area contributed by atoms with Crippen molar-refractivity contribution in [1.29, 1.82) is 0 Å². The highest BCUT2D eigenvalue weighted by molar-refractivity contribution is 5.92. The number of aryl methyl sites for hydroxylation is 1. The molecule has 1 aromatic rings. The largest absolute Gasteiger partial charge is 0.438 e. The second-order valence-corrected chi connectivity index (χ2v) is 4.70. The number of oxazole rings is 1. The summed E-state index contributed by atoms with van der Waals surface area (Å²) in [5, 5.41) is 6.10. The fourth-order valence-electron chi connectivity index (χ4n) is 2.09. The monoisotopic (exact) mass is 267 g/mol. The van der Waals surface area contributed by atoms with Crippen LogP contribution in [0.1, 0.15) is 35.5 Å². The van der Waals surface area contributed by atoms with Crippen LogP contribution in [-0.4, -0.2) is 43.2 Å². The predicted molar refractivity (Wildman–Crippen MR) is 70.0 cm³/mol. The van der Waals surface area contributed by atoms with Crippen LogP contribution in [0.15, 0.2) is 10.8 Å². The molecule has 0 spiro atoms. The van der Waals surface area contributed by atoms with Crippen molar-refractivity contribution >= 4 is 5.91 Å². The summed E-state index contributed by atoms with van der Waals surface area (Å²) in [6.45, 7) is 5.08. The Labute approximate surface area is 112 Å². The highest BCUT2D eigenvalue weighted by atomic mass is 16.5. The van der Waals surface area contributed by atoms with Crippen molar-refractivity contribution in [3.05, 3.63) is 17.8 Å². The number of rotatable bonds is 6. The maximum atomic E-state index is 11.7. The van der Waals surface area contributed by atoms with Crippen LogP contribution in [0.25, 0.3) is 0 Å².